The van der Waals surface area contributed by atoms with Gasteiger partial charge in [0.25, 0.3) is 0 Å². The number of alkyl halides is 13. The number of imide groups is 1. The molecule has 0 N–H and O–H groups in total. The molecule has 1 rings (SSSR count). The van der Waals surface area contributed by atoms with Gasteiger partial charge in [-0.3, -0.25) is 4.79 Å². The average molecular weight is 545 g/mol. The number of hydrogen-bond donors (Lipinski definition) is 0. The van der Waals surface area contributed by atoms with Gasteiger partial charge in [-0.2, -0.15) is 57.1 Å². The van der Waals surface area contributed by atoms with Gasteiger partial charge < -0.3 is 4.74 Å². The van der Waals surface area contributed by atoms with Crippen molar-refractivity contribution in [3.8, 4) is 0 Å². The van der Waals surface area contributed by atoms with Gasteiger partial charge in [-0.1, -0.05) is 33.6 Å². The highest BCUT2D eigenvalue weighted by atomic mass is 19.4. The van der Waals surface area contributed by atoms with Crippen LogP contribution in [0, 0.1) is 11.8 Å². The van der Waals surface area contributed by atoms with E-state index in [-0.39, 0.29) is 11.3 Å². The molecule has 0 saturated carbocycles. The summed E-state index contributed by atoms with van der Waals surface area (Å²) in [6, 6.07) is -1.37. The zero-order chi connectivity index (χ0) is 28.0. The molecule has 2 amide bonds. The highest BCUT2D eigenvalue weighted by Crippen LogP contribution is 2.61. The Morgan fingerprint density at radius 3 is 1.74 bits per heavy atom. The monoisotopic (exact) mass is 545 g/mol. The Morgan fingerprint density at radius 2 is 1.34 bits per heavy atom. The standard InChI is InChI=1S/C18H20F13NO3/c1-4-5-6-9(11(33)32-10(8(2)3)7-35-12(32)34)13(19,20)14(21,22)15(23,24)16(25,26)17(27,28)18(29,30)31/h8-10H,4-7H2,1-3H3/t9-,10+/m0/s1. The van der Waals surface area contributed by atoms with Crippen molar-refractivity contribution in [1.82, 2.24) is 4.90 Å². The molecule has 1 saturated heterocycles. The molecule has 206 valence electrons. The number of nitrogens with zero attached hydrogens (tertiary/aromatic N) is 1. The van der Waals surface area contributed by atoms with Crippen LogP contribution >= 0.6 is 0 Å². The lowest BCUT2D eigenvalue weighted by atomic mass is 9.83. The molecule has 0 bridgehead atoms. The van der Waals surface area contributed by atoms with Crippen LogP contribution in [-0.2, 0) is 9.53 Å². The van der Waals surface area contributed by atoms with Crippen molar-refractivity contribution < 1.29 is 71.4 Å². The Morgan fingerprint density at radius 1 is 0.886 bits per heavy atom. The highest BCUT2D eigenvalue weighted by molar-refractivity contribution is 5.95. The molecule has 0 spiro atoms. The number of halogens is 13. The second-order valence-electron chi connectivity index (χ2n) is 8.21. The quantitative estimate of drug-likeness (QED) is 0.293. The molecule has 4 nitrogen and oxygen atoms in total. The van der Waals surface area contributed by atoms with E-state index in [0.29, 0.717) is 0 Å². The normalized spacial score (nSPS) is 19.9. The molecule has 0 radical (unpaired) electrons. The lowest BCUT2D eigenvalue weighted by molar-refractivity contribution is -0.442. The van der Waals surface area contributed by atoms with Gasteiger partial charge in [0.2, 0.25) is 5.91 Å². The Labute approximate surface area is 189 Å². The summed E-state index contributed by atoms with van der Waals surface area (Å²) in [4.78, 5) is 24.4. The summed E-state index contributed by atoms with van der Waals surface area (Å²) in [5.74, 6) is -44.9. The van der Waals surface area contributed by atoms with E-state index in [2.05, 4.69) is 4.74 Å². The van der Waals surface area contributed by atoms with E-state index in [1.807, 2.05) is 0 Å². The molecule has 0 aromatic carbocycles. The number of unbranched alkanes of at least 4 members (excludes halogenated alkanes) is 1. The van der Waals surface area contributed by atoms with Gasteiger partial charge in [0.05, 0.1) is 6.04 Å². The number of hydrogen-bond acceptors (Lipinski definition) is 3. The number of rotatable bonds is 10. The van der Waals surface area contributed by atoms with Crippen LogP contribution in [0.15, 0.2) is 0 Å². The topological polar surface area (TPSA) is 46.6 Å². The average Bonchev–Trinajstić information content (AvgIpc) is 3.08. The largest absolute Gasteiger partial charge is 0.460 e. The fourth-order valence-corrected chi connectivity index (χ4v) is 3.22. The molecular formula is C18H20F13NO3. The molecular weight excluding hydrogens is 525 g/mol. The van der Waals surface area contributed by atoms with E-state index in [0.717, 1.165) is 0 Å². The Balaban J connectivity index is 3.65. The summed E-state index contributed by atoms with van der Waals surface area (Å²) >= 11 is 0. The van der Waals surface area contributed by atoms with Crippen molar-refractivity contribution in [3.63, 3.8) is 0 Å². The van der Waals surface area contributed by atoms with Crippen LogP contribution in [0.1, 0.15) is 40.0 Å². The molecule has 35 heavy (non-hydrogen) atoms. The van der Waals surface area contributed by atoms with Gasteiger partial charge in [-0.15, -0.1) is 0 Å². The smallest absolute Gasteiger partial charge is 0.447 e. The minimum Gasteiger partial charge on any atom is -0.447 e. The Kier molecular flexibility index (Phi) is 8.41. The van der Waals surface area contributed by atoms with Crippen LogP contribution in [0.25, 0.3) is 0 Å². The molecule has 0 unspecified atom stereocenters. The first-order chi connectivity index (χ1) is 15.4. The van der Waals surface area contributed by atoms with Crippen LogP contribution in [0.2, 0.25) is 0 Å². The number of carbonyl (C=O) groups excluding carboxylic acids is 2. The number of ether oxygens (including phenoxy) is 1. The molecule has 0 aromatic heterocycles. The third kappa shape index (κ3) is 4.74. The summed E-state index contributed by atoms with van der Waals surface area (Å²) in [5.41, 5.74) is 0. The van der Waals surface area contributed by atoms with Crippen molar-refractivity contribution >= 4 is 12.0 Å². The summed E-state index contributed by atoms with van der Waals surface area (Å²) in [7, 11) is 0. The third-order valence-electron chi connectivity index (χ3n) is 5.45. The third-order valence-corrected chi connectivity index (χ3v) is 5.45. The lowest BCUT2D eigenvalue weighted by Crippen LogP contribution is -2.71. The first kappa shape index (κ1) is 31.1. The van der Waals surface area contributed by atoms with Crippen LogP contribution in [0.5, 0.6) is 0 Å². The predicted octanol–water partition coefficient (Wildman–Crippen LogP) is 6.54. The molecule has 0 aromatic rings. The Hall–Kier alpha value is -1.97. The molecule has 1 heterocycles. The van der Waals surface area contributed by atoms with Gasteiger partial charge in [0.15, 0.2) is 0 Å². The first-order valence-electron chi connectivity index (χ1n) is 9.90. The maximum atomic E-state index is 14.8. The van der Waals surface area contributed by atoms with Crippen molar-refractivity contribution in [1.29, 1.82) is 0 Å². The predicted molar refractivity (Wildman–Crippen MR) is 90.6 cm³/mol. The fourth-order valence-electron chi connectivity index (χ4n) is 3.22. The number of cyclic esters (lactones) is 1. The fraction of sp³-hybridized carbons (Fsp3) is 0.889. The van der Waals surface area contributed by atoms with Gasteiger partial charge in [-0.05, 0) is 12.3 Å². The second-order valence-corrected chi connectivity index (χ2v) is 8.21. The zero-order valence-electron chi connectivity index (χ0n) is 18.1. The van der Waals surface area contributed by atoms with Gasteiger partial charge in [-0.25, -0.2) is 9.69 Å². The lowest BCUT2D eigenvalue weighted by Gasteiger charge is -2.42. The van der Waals surface area contributed by atoms with E-state index in [1.165, 1.54) is 20.8 Å². The van der Waals surface area contributed by atoms with E-state index in [1.54, 1.807) is 0 Å². The second kappa shape index (κ2) is 9.48. The maximum absolute atomic E-state index is 14.8. The minimum atomic E-state index is -8.07. The van der Waals surface area contributed by atoms with Gasteiger partial charge in [0.1, 0.15) is 12.5 Å². The summed E-state index contributed by atoms with van der Waals surface area (Å²) in [5, 5.41) is 0. The van der Waals surface area contributed by atoms with Crippen LogP contribution in [-0.4, -0.2) is 65.3 Å². The molecule has 1 fully saturated rings. The first-order valence-corrected chi connectivity index (χ1v) is 9.90. The van der Waals surface area contributed by atoms with Crippen molar-refractivity contribution in [3.05, 3.63) is 0 Å². The van der Waals surface area contributed by atoms with E-state index < -0.39 is 85.1 Å². The number of carbonyl (C=O) groups is 2. The molecule has 0 aliphatic carbocycles. The number of amides is 2. The van der Waals surface area contributed by atoms with Gasteiger partial charge in [0, 0.05) is 0 Å². The van der Waals surface area contributed by atoms with Crippen LogP contribution in [0.4, 0.5) is 61.9 Å². The van der Waals surface area contributed by atoms with E-state index in [9.17, 15) is 66.7 Å². The molecule has 2 atom stereocenters. The molecule has 1 aliphatic heterocycles. The zero-order valence-corrected chi connectivity index (χ0v) is 18.1. The minimum absolute atomic E-state index is 0.115. The maximum Gasteiger partial charge on any atom is 0.460 e. The van der Waals surface area contributed by atoms with Crippen molar-refractivity contribution in [2.45, 2.75) is 81.9 Å². The van der Waals surface area contributed by atoms with E-state index in [4.69, 9.17) is 0 Å². The molecule has 17 heteroatoms. The SMILES string of the molecule is CCCC[C@@H](C(=O)N1C(=O)OC[C@@H]1C(C)C)C(F)(F)C(F)(F)C(F)(F)C(F)(F)C(F)(F)C(F)(F)F. The summed E-state index contributed by atoms with van der Waals surface area (Å²) in [6.07, 6.45) is -11.4. The van der Waals surface area contributed by atoms with E-state index >= 15 is 0 Å². The molecule has 1 aliphatic rings. The van der Waals surface area contributed by atoms with Crippen molar-refractivity contribution in [2.75, 3.05) is 6.61 Å². The highest BCUT2D eigenvalue weighted by Gasteiger charge is 2.91. The van der Waals surface area contributed by atoms with Crippen LogP contribution in [0.3, 0.4) is 0 Å². The van der Waals surface area contributed by atoms with Gasteiger partial charge >= 0.3 is 41.9 Å². The summed E-state index contributed by atoms with van der Waals surface area (Å²) in [6.45, 7) is 3.24. The van der Waals surface area contributed by atoms with Crippen LogP contribution < -0.4 is 0 Å². The Bertz CT molecular complexity index is 795. The van der Waals surface area contributed by atoms with Crippen molar-refractivity contribution in [2.24, 2.45) is 11.8 Å². The summed E-state index contributed by atoms with van der Waals surface area (Å²) < 4.78 is 180.